The molecule has 2 heterocycles. The molecule has 1 spiro atoms. The number of hydrogen-bond acceptors (Lipinski definition) is 3. The summed E-state index contributed by atoms with van der Waals surface area (Å²) in [4.78, 5) is 22.7. The SMILES string of the molecule is Cc1cc(=O)c(C(=O)O)cn1CC1CCC2(CCCC2)O1. The van der Waals surface area contributed by atoms with E-state index in [1.165, 1.54) is 25.1 Å². The van der Waals surface area contributed by atoms with Crippen LogP contribution in [0.5, 0.6) is 0 Å². The maximum Gasteiger partial charge on any atom is 0.341 e. The first-order valence-corrected chi connectivity index (χ1v) is 7.61. The Morgan fingerprint density at radius 1 is 1.43 bits per heavy atom. The van der Waals surface area contributed by atoms with Crippen molar-refractivity contribution in [1.29, 1.82) is 0 Å². The zero-order chi connectivity index (χ0) is 15.0. The van der Waals surface area contributed by atoms with Crippen molar-refractivity contribution >= 4 is 5.97 Å². The molecule has 1 atom stereocenters. The molecule has 1 aromatic heterocycles. The fourth-order valence-electron chi connectivity index (χ4n) is 3.66. The van der Waals surface area contributed by atoms with Crippen LogP contribution < -0.4 is 5.43 Å². The van der Waals surface area contributed by atoms with Gasteiger partial charge in [0.1, 0.15) is 5.56 Å². The highest BCUT2D eigenvalue weighted by molar-refractivity contribution is 5.87. The molecule has 0 amide bonds. The van der Waals surface area contributed by atoms with Crippen molar-refractivity contribution in [1.82, 2.24) is 4.57 Å². The molecule has 0 radical (unpaired) electrons. The minimum Gasteiger partial charge on any atom is -0.477 e. The molecule has 1 aromatic rings. The van der Waals surface area contributed by atoms with Gasteiger partial charge in [0.25, 0.3) is 0 Å². The van der Waals surface area contributed by atoms with Crippen LogP contribution in [-0.4, -0.2) is 27.3 Å². The Hall–Kier alpha value is -1.62. The lowest BCUT2D eigenvalue weighted by molar-refractivity contribution is -0.0420. The summed E-state index contributed by atoms with van der Waals surface area (Å²) in [6.07, 6.45) is 8.45. The second-order valence-corrected chi connectivity index (χ2v) is 6.32. The maximum absolute atomic E-state index is 11.6. The molecule has 1 aliphatic heterocycles. The van der Waals surface area contributed by atoms with Crippen molar-refractivity contribution in [3.8, 4) is 0 Å². The molecule has 1 unspecified atom stereocenters. The van der Waals surface area contributed by atoms with Gasteiger partial charge >= 0.3 is 5.97 Å². The molecule has 0 aromatic carbocycles. The molecular weight excluding hydrogens is 270 g/mol. The van der Waals surface area contributed by atoms with Crippen LogP contribution in [-0.2, 0) is 11.3 Å². The summed E-state index contributed by atoms with van der Waals surface area (Å²) in [5.41, 5.74) is 0.249. The second-order valence-electron chi connectivity index (χ2n) is 6.32. The Kier molecular flexibility index (Phi) is 3.61. The number of carbonyl (C=O) groups is 1. The van der Waals surface area contributed by atoms with Crippen LogP contribution in [0.4, 0.5) is 0 Å². The van der Waals surface area contributed by atoms with E-state index in [1.54, 1.807) is 0 Å². The van der Waals surface area contributed by atoms with E-state index in [2.05, 4.69) is 0 Å². The zero-order valence-electron chi connectivity index (χ0n) is 12.3. The van der Waals surface area contributed by atoms with Gasteiger partial charge in [0, 0.05) is 24.5 Å². The summed E-state index contributed by atoms with van der Waals surface area (Å²) in [5.74, 6) is -1.17. The number of hydrogen-bond donors (Lipinski definition) is 1. The van der Waals surface area contributed by atoms with E-state index in [-0.39, 0.29) is 17.3 Å². The van der Waals surface area contributed by atoms with Gasteiger partial charge in [-0.25, -0.2) is 4.79 Å². The predicted molar refractivity (Wildman–Crippen MR) is 77.7 cm³/mol. The quantitative estimate of drug-likeness (QED) is 0.928. The fraction of sp³-hybridized carbons (Fsp3) is 0.625. The molecule has 5 nitrogen and oxygen atoms in total. The first kappa shape index (κ1) is 14.3. The molecule has 1 aliphatic carbocycles. The van der Waals surface area contributed by atoms with Crippen molar-refractivity contribution in [3.05, 3.63) is 33.7 Å². The van der Waals surface area contributed by atoms with E-state index in [0.29, 0.717) is 6.54 Å². The number of aromatic nitrogens is 1. The third kappa shape index (κ3) is 2.75. The monoisotopic (exact) mass is 291 g/mol. The third-order valence-corrected chi connectivity index (χ3v) is 4.83. The minimum absolute atomic E-state index is 0.0766. The number of carboxylic acids is 1. The average molecular weight is 291 g/mol. The maximum atomic E-state index is 11.6. The molecule has 1 saturated heterocycles. The molecule has 5 heteroatoms. The Morgan fingerprint density at radius 3 is 2.81 bits per heavy atom. The van der Waals surface area contributed by atoms with Crippen molar-refractivity contribution < 1.29 is 14.6 Å². The topological polar surface area (TPSA) is 68.5 Å². The van der Waals surface area contributed by atoms with E-state index < -0.39 is 11.4 Å². The molecule has 21 heavy (non-hydrogen) atoms. The van der Waals surface area contributed by atoms with Gasteiger partial charge in [0.05, 0.1) is 11.7 Å². The second kappa shape index (κ2) is 5.30. The van der Waals surface area contributed by atoms with Gasteiger partial charge in [0.2, 0.25) is 0 Å². The lowest BCUT2D eigenvalue weighted by Crippen LogP contribution is -2.28. The normalized spacial score (nSPS) is 23.8. The Bertz CT molecular complexity index is 613. The summed E-state index contributed by atoms with van der Waals surface area (Å²) < 4.78 is 8.09. The molecule has 0 bridgehead atoms. The van der Waals surface area contributed by atoms with Crippen molar-refractivity contribution in [2.75, 3.05) is 0 Å². The van der Waals surface area contributed by atoms with Crippen molar-refractivity contribution in [2.45, 2.75) is 63.7 Å². The number of rotatable bonds is 3. The van der Waals surface area contributed by atoms with Crippen LogP contribution in [0.25, 0.3) is 0 Å². The molecular formula is C16H21NO4. The van der Waals surface area contributed by atoms with Crippen LogP contribution >= 0.6 is 0 Å². The Morgan fingerprint density at radius 2 is 2.14 bits per heavy atom. The standard InChI is InChI=1S/C16H21NO4/c1-11-8-14(18)13(15(19)20)10-17(11)9-12-4-7-16(21-12)5-2-3-6-16/h8,10,12H,2-7,9H2,1H3,(H,19,20). The first-order chi connectivity index (χ1) is 9.99. The van der Waals surface area contributed by atoms with Gasteiger partial charge in [0.15, 0.2) is 5.43 Å². The van der Waals surface area contributed by atoms with Gasteiger partial charge < -0.3 is 14.4 Å². The summed E-state index contributed by atoms with van der Waals surface area (Å²) >= 11 is 0. The average Bonchev–Trinajstić information content (AvgIpc) is 3.03. The highest BCUT2D eigenvalue weighted by Crippen LogP contribution is 2.43. The number of nitrogens with zero attached hydrogens (tertiary/aromatic N) is 1. The number of ether oxygens (including phenoxy) is 1. The van der Waals surface area contributed by atoms with Crippen LogP contribution in [0.1, 0.15) is 54.6 Å². The lowest BCUT2D eigenvalue weighted by Gasteiger charge is -2.24. The van der Waals surface area contributed by atoms with Gasteiger partial charge in [-0.2, -0.15) is 0 Å². The summed E-state index contributed by atoms with van der Waals surface area (Å²) in [5, 5.41) is 9.06. The molecule has 1 N–H and O–H groups in total. The largest absolute Gasteiger partial charge is 0.477 e. The Labute approximate surface area is 123 Å². The molecule has 2 aliphatic rings. The smallest absolute Gasteiger partial charge is 0.341 e. The highest BCUT2D eigenvalue weighted by Gasteiger charge is 2.42. The highest BCUT2D eigenvalue weighted by atomic mass is 16.5. The Balaban J connectivity index is 1.78. The van der Waals surface area contributed by atoms with Gasteiger partial charge in [-0.1, -0.05) is 12.8 Å². The minimum atomic E-state index is -1.17. The number of pyridine rings is 1. The molecule has 3 rings (SSSR count). The number of aromatic carboxylic acids is 1. The summed E-state index contributed by atoms with van der Waals surface area (Å²) in [6, 6.07) is 1.39. The molecule has 114 valence electrons. The number of carboxylic acid groups (broad SMARTS) is 1. The van der Waals surface area contributed by atoms with E-state index in [4.69, 9.17) is 9.84 Å². The number of aryl methyl sites for hydroxylation is 1. The van der Waals surface area contributed by atoms with E-state index in [0.717, 1.165) is 31.4 Å². The van der Waals surface area contributed by atoms with E-state index in [1.807, 2.05) is 11.5 Å². The fourth-order valence-corrected chi connectivity index (χ4v) is 3.66. The van der Waals surface area contributed by atoms with Crippen molar-refractivity contribution in [2.24, 2.45) is 0 Å². The van der Waals surface area contributed by atoms with Gasteiger partial charge in [-0.3, -0.25) is 4.79 Å². The van der Waals surface area contributed by atoms with Gasteiger partial charge in [-0.05, 0) is 32.6 Å². The van der Waals surface area contributed by atoms with Crippen LogP contribution in [0.3, 0.4) is 0 Å². The van der Waals surface area contributed by atoms with Crippen molar-refractivity contribution in [3.63, 3.8) is 0 Å². The van der Waals surface area contributed by atoms with Crippen LogP contribution in [0.2, 0.25) is 0 Å². The zero-order valence-corrected chi connectivity index (χ0v) is 12.3. The molecule has 2 fully saturated rings. The summed E-state index contributed by atoms with van der Waals surface area (Å²) in [6.45, 7) is 2.45. The summed E-state index contributed by atoms with van der Waals surface area (Å²) in [7, 11) is 0. The van der Waals surface area contributed by atoms with Crippen LogP contribution in [0, 0.1) is 6.92 Å². The van der Waals surface area contributed by atoms with Gasteiger partial charge in [-0.15, -0.1) is 0 Å². The van der Waals surface area contributed by atoms with E-state index in [9.17, 15) is 9.59 Å². The lowest BCUT2D eigenvalue weighted by atomic mass is 9.98. The predicted octanol–water partition coefficient (Wildman–Crippen LogP) is 2.35. The van der Waals surface area contributed by atoms with E-state index >= 15 is 0 Å². The van der Waals surface area contributed by atoms with Crippen LogP contribution in [0.15, 0.2) is 17.1 Å². The third-order valence-electron chi connectivity index (χ3n) is 4.83. The molecule has 1 saturated carbocycles. The first-order valence-electron chi connectivity index (χ1n) is 7.61.